The number of halogens is 3. The van der Waals surface area contributed by atoms with Crippen molar-refractivity contribution in [2.24, 2.45) is 0 Å². The topological polar surface area (TPSA) is 0 Å². The Hall–Kier alpha value is 1.80. The maximum absolute atomic E-state index is 2.22. The molecule has 0 aliphatic heterocycles. The van der Waals surface area contributed by atoms with Crippen LogP contribution in [0.1, 0.15) is 13.3 Å². The van der Waals surface area contributed by atoms with Gasteiger partial charge in [-0.2, -0.15) is 0 Å². The first kappa shape index (κ1) is 17.8. The van der Waals surface area contributed by atoms with Crippen LogP contribution in [0.15, 0.2) is 21.0 Å². The van der Waals surface area contributed by atoms with Gasteiger partial charge in [-0.3, -0.25) is 0 Å². The molecule has 0 bridgehead atoms. The normalized spacial score (nSPS) is 13.2. The van der Waals surface area contributed by atoms with Crippen LogP contribution in [0, 0.1) is 0 Å². The summed E-state index contributed by atoms with van der Waals surface area (Å²) in [6, 6.07) is 0. The first-order valence-corrected chi connectivity index (χ1v) is 3.61. The van der Waals surface area contributed by atoms with E-state index in [1.165, 1.54) is 12.0 Å². The van der Waals surface area contributed by atoms with E-state index < -0.39 is 0 Å². The van der Waals surface area contributed by atoms with Gasteiger partial charge in [-0.15, -0.1) is 50.9 Å². The third-order valence-corrected chi connectivity index (χ3v) is 2.64. The van der Waals surface area contributed by atoms with Crippen molar-refractivity contribution >= 4 is 50.9 Å². The molecule has 0 aromatic carbocycles. The van der Waals surface area contributed by atoms with Crippen LogP contribution >= 0.6 is 50.9 Å². The Morgan fingerprint density at radius 2 is 1.80 bits per heavy atom. The van der Waals surface area contributed by atoms with E-state index in [0.29, 0.717) is 0 Å². The van der Waals surface area contributed by atoms with Crippen molar-refractivity contribution in [2.75, 3.05) is 0 Å². The van der Waals surface area contributed by atoms with E-state index in [2.05, 4.69) is 19.1 Å². The van der Waals surface area contributed by atoms with Crippen LogP contribution in [-0.4, -0.2) is 0 Å². The third-order valence-electron chi connectivity index (χ3n) is 1.17. The summed E-state index contributed by atoms with van der Waals surface area (Å²) in [4.78, 5) is 0. The second kappa shape index (κ2) is 8.90. The zero-order valence-electron chi connectivity index (χ0n) is 5.59. The van der Waals surface area contributed by atoms with Gasteiger partial charge >= 0.3 is 59.1 Å². The molecule has 0 radical (unpaired) electrons. The van der Waals surface area contributed by atoms with Crippen molar-refractivity contribution < 1.29 is 24.7 Å². The number of allylic oxidation sites excluding steroid dienone is 4. The number of hydrogen-bond acceptors (Lipinski definition) is 0. The molecule has 0 fully saturated rings. The fourth-order valence-corrected chi connectivity index (χ4v) is 1.11. The van der Waals surface area contributed by atoms with Crippen molar-refractivity contribution in [3.05, 3.63) is 21.0 Å². The van der Waals surface area contributed by atoms with E-state index in [0.717, 1.165) is 0 Å². The molecular formula is C6H10Br3Zr. The van der Waals surface area contributed by atoms with Crippen molar-refractivity contribution in [3.8, 4) is 0 Å². The zero-order valence-corrected chi connectivity index (χ0v) is 13.2. The van der Waals surface area contributed by atoms with Crippen molar-refractivity contribution in [1.82, 2.24) is 0 Å². The summed E-state index contributed by atoms with van der Waals surface area (Å²) in [7, 11) is 0. The summed E-state index contributed by atoms with van der Waals surface area (Å²) < 4.78 is 1.60. The van der Waals surface area contributed by atoms with Gasteiger partial charge in [0.15, 0.2) is 0 Å². The Morgan fingerprint density at radius 1 is 1.30 bits per heavy atom. The fraction of sp³-hybridized carbons (Fsp3) is 0.333. The van der Waals surface area contributed by atoms with Crippen LogP contribution in [0.4, 0.5) is 0 Å². The molecule has 0 heterocycles. The molecule has 1 aliphatic carbocycles. The minimum atomic E-state index is 0. The predicted octanol–water partition coefficient (Wildman–Crippen LogP) is 3.50. The first-order valence-electron chi connectivity index (χ1n) is 2.38. The molecule has 0 nitrogen and oxygen atoms in total. The molecule has 0 N–H and O–H groups in total. The van der Waals surface area contributed by atoms with Gasteiger partial charge in [0.25, 0.3) is 0 Å². The molecule has 0 aromatic rings. The third kappa shape index (κ3) is 5.45. The van der Waals surface area contributed by atoms with Gasteiger partial charge in [-0.1, -0.05) is 0 Å². The van der Waals surface area contributed by atoms with Crippen molar-refractivity contribution in [3.63, 3.8) is 0 Å². The second-order valence-corrected chi connectivity index (χ2v) is 3.25. The Bertz CT molecular complexity index is 140. The minimum absolute atomic E-state index is 0. The molecule has 1 aliphatic rings. The molecular weight excluding hydrogens is 403 g/mol. The van der Waals surface area contributed by atoms with Crippen LogP contribution in [0.3, 0.4) is 0 Å². The molecule has 1 rings (SSSR count). The molecule has 59 valence electrons. The summed E-state index contributed by atoms with van der Waals surface area (Å²) in [6.45, 7) is 2.17. The van der Waals surface area contributed by atoms with Crippen LogP contribution in [0.25, 0.3) is 0 Å². The van der Waals surface area contributed by atoms with Crippen LogP contribution in [-0.2, 0) is 24.7 Å². The fourth-order valence-electron chi connectivity index (χ4n) is 0.615. The first-order chi connectivity index (χ1) is 3.30. The molecule has 0 atom stereocenters. The van der Waals surface area contributed by atoms with Gasteiger partial charge in [0.1, 0.15) is 0 Å². The van der Waals surface area contributed by atoms with Gasteiger partial charge in [-0.25, -0.2) is 0 Å². The second-order valence-electron chi connectivity index (χ2n) is 1.77. The molecule has 0 unspecified atom stereocenters. The molecule has 0 spiro atoms. The molecule has 10 heavy (non-hydrogen) atoms. The Balaban J connectivity index is -0.000000163. The standard InChI is InChI=1S/C6H7.3BrH.Zr/c1-6-4-2-3-5-6;;;;/h2,4H,3H2,1H3;3*1H;. The molecule has 0 aromatic heterocycles. The van der Waals surface area contributed by atoms with E-state index in [1.807, 2.05) is 0 Å². The van der Waals surface area contributed by atoms with Gasteiger partial charge in [-0.05, 0) is 0 Å². The number of hydrogen-bond donors (Lipinski definition) is 0. The van der Waals surface area contributed by atoms with Gasteiger partial charge in [0.2, 0.25) is 0 Å². The summed E-state index contributed by atoms with van der Waals surface area (Å²) in [5.74, 6) is 0. The Kier molecular flexibility index (Phi) is 15.8. The summed E-state index contributed by atoms with van der Waals surface area (Å²) in [5.41, 5.74) is 1.48. The monoisotopic (exact) mass is 409 g/mol. The molecule has 0 saturated carbocycles. The van der Waals surface area contributed by atoms with E-state index in [1.54, 1.807) is 28.0 Å². The predicted molar refractivity (Wildman–Crippen MR) is 57.4 cm³/mol. The number of rotatable bonds is 0. The van der Waals surface area contributed by atoms with Gasteiger partial charge < -0.3 is 0 Å². The average Bonchev–Trinajstić information content (AvgIpc) is 1.91. The summed E-state index contributed by atoms with van der Waals surface area (Å²) in [6.07, 6.45) is 5.63. The average molecular weight is 413 g/mol. The Morgan fingerprint density at radius 3 is 1.90 bits per heavy atom. The summed E-state index contributed by atoms with van der Waals surface area (Å²) in [5, 5.41) is 0. The quantitative estimate of drug-likeness (QED) is 0.571. The maximum atomic E-state index is 2.22. The van der Waals surface area contributed by atoms with E-state index in [9.17, 15) is 0 Å². The van der Waals surface area contributed by atoms with E-state index in [-0.39, 0.29) is 50.9 Å². The zero-order chi connectivity index (χ0) is 5.28. The van der Waals surface area contributed by atoms with Gasteiger partial charge in [0.05, 0.1) is 0 Å². The van der Waals surface area contributed by atoms with Crippen LogP contribution in [0.2, 0.25) is 0 Å². The Labute approximate surface area is 109 Å². The molecule has 4 heteroatoms. The molecule has 0 saturated heterocycles. The van der Waals surface area contributed by atoms with Gasteiger partial charge in [0, 0.05) is 0 Å². The summed E-state index contributed by atoms with van der Waals surface area (Å²) >= 11 is 1.58. The van der Waals surface area contributed by atoms with E-state index >= 15 is 0 Å². The van der Waals surface area contributed by atoms with Crippen molar-refractivity contribution in [1.29, 1.82) is 0 Å². The molecule has 0 amide bonds. The SMILES string of the molecule is Br.Br.Br.CC1=[C]([Zr])CC=C1. The van der Waals surface area contributed by atoms with E-state index in [4.69, 9.17) is 0 Å². The van der Waals surface area contributed by atoms with Crippen LogP contribution in [0.5, 0.6) is 0 Å². The van der Waals surface area contributed by atoms with Crippen LogP contribution < -0.4 is 0 Å². The van der Waals surface area contributed by atoms with Crippen molar-refractivity contribution in [2.45, 2.75) is 13.3 Å².